The molecule has 0 aromatic heterocycles. The average Bonchev–Trinajstić information content (AvgIpc) is 2.48. The Labute approximate surface area is 66.7 Å². The Morgan fingerprint density at radius 2 is 1.45 bits per heavy atom. The second kappa shape index (κ2) is 2.42. The summed E-state index contributed by atoms with van der Waals surface area (Å²) in [6, 6.07) is -0.528. The molecule has 2 heterocycles. The highest BCUT2D eigenvalue weighted by Crippen LogP contribution is 2.29. The summed E-state index contributed by atoms with van der Waals surface area (Å²) in [5, 5.41) is 0. The molecule has 0 atom stereocenters. The van der Waals surface area contributed by atoms with Crippen LogP contribution in [0.25, 0.3) is 0 Å². The summed E-state index contributed by atoms with van der Waals surface area (Å²) in [6.07, 6.45) is 0. The molecular weight excluding hydrogens is 144 g/mol. The van der Waals surface area contributed by atoms with Crippen LogP contribution in [0, 0.1) is 0 Å². The van der Waals surface area contributed by atoms with E-state index in [-0.39, 0.29) is 0 Å². The Hall–Kier alpha value is -0.160. The van der Waals surface area contributed by atoms with E-state index in [0.717, 1.165) is 26.3 Å². The molecule has 0 radical (unpaired) electrons. The highest BCUT2D eigenvalue weighted by Gasteiger charge is 2.48. The topological polar surface area (TPSA) is 24.9 Å². The first kappa shape index (κ1) is 7.49. The molecule has 11 heavy (non-hydrogen) atoms. The lowest BCUT2D eigenvalue weighted by Crippen LogP contribution is -2.52. The molecule has 0 aromatic rings. The molecule has 0 N–H and O–H groups in total. The molecule has 0 aliphatic carbocycles. The minimum Gasteiger partial charge on any atom is -0.323 e. The van der Waals surface area contributed by atoms with Crippen LogP contribution in [0.4, 0.5) is 0 Å². The number of ether oxygens (including phenoxy) is 2. The number of hydrogen-bond acceptors (Lipinski definition) is 4. The van der Waals surface area contributed by atoms with E-state index >= 15 is 0 Å². The van der Waals surface area contributed by atoms with Crippen molar-refractivity contribution < 1.29 is 9.47 Å². The van der Waals surface area contributed by atoms with Gasteiger partial charge in [0.2, 0.25) is 0 Å². The molecular formula is C7H14N2O2. The predicted molar refractivity (Wildman–Crippen MR) is 39.9 cm³/mol. The molecule has 4 heteroatoms. The Morgan fingerprint density at radius 3 is 1.73 bits per heavy atom. The van der Waals surface area contributed by atoms with E-state index in [1.165, 1.54) is 0 Å². The largest absolute Gasteiger partial charge is 0.323 e. The predicted octanol–water partition coefficient (Wildman–Crippen LogP) is -0.478. The van der Waals surface area contributed by atoms with Crippen LogP contribution in [0.15, 0.2) is 0 Å². The van der Waals surface area contributed by atoms with Crippen molar-refractivity contribution in [2.75, 3.05) is 40.4 Å². The van der Waals surface area contributed by atoms with Crippen molar-refractivity contribution in [3.8, 4) is 0 Å². The van der Waals surface area contributed by atoms with Crippen LogP contribution in [0.1, 0.15) is 0 Å². The second-order valence-electron chi connectivity index (χ2n) is 3.09. The quantitative estimate of drug-likeness (QED) is 0.475. The molecule has 0 amide bonds. The maximum absolute atomic E-state index is 5.56. The molecule has 2 aliphatic rings. The van der Waals surface area contributed by atoms with E-state index in [0.29, 0.717) is 0 Å². The third-order valence-electron chi connectivity index (χ3n) is 2.40. The van der Waals surface area contributed by atoms with Gasteiger partial charge in [-0.25, -0.2) is 9.80 Å². The monoisotopic (exact) mass is 158 g/mol. The summed E-state index contributed by atoms with van der Waals surface area (Å²) < 4.78 is 11.1. The third-order valence-corrected chi connectivity index (χ3v) is 2.40. The highest BCUT2D eigenvalue weighted by molar-refractivity contribution is 4.79. The normalized spacial score (nSPS) is 32.2. The fraction of sp³-hybridized carbons (Fsp3) is 1.00. The van der Waals surface area contributed by atoms with Gasteiger partial charge in [0.15, 0.2) is 0 Å². The van der Waals surface area contributed by atoms with Crippen LogP contribution in [0.5, 0.6) is 0 Å². The Morgan fingerprint density at radius 1 is 1.00 bits per heavy atom. The first-order chi connectivity index (χ1) is 5.26. The smallest absolute Gasteiger partial charge is 0.296 e. The van der Waals surface area contributed by atoms with Crippen LogP contribution in [-0.4, -0.2) is 56.2 Å². The lowest BCUT2D eigenvalue weighted by Gasteiger charge is -2.34. The lowest BCUT2D eigenvalue weighted by molar-refractivity contribution is -0.304. The number of rotatable bonds is 0. The van der Waals surface area contributed by atoms with Gasteiger partial charge in [-0.05, 0) is 14.1 Å². The first-order valence-corrected chi connectivity index (χ1v) is 3.96. The molecule has 2 saturated heterocycles. The van der Waals surface area contributed by atoms with Gasteiger partial charge in [0.25, 0.3) is 6.03 Å². The molecule has 64 valence electrons. The Kier molecular flexibility index (Phi) is 1.64. The summed E-state index contributed by atoms with van der Waals surface area (Å²) in [6.45, 7) is 3.43. The molecule has 0 aromatic carbocycles. The maximum Gasteiger partial charge on any atom is 0.296 e. The molecule has 0 saturated carbocycles. The van der Waals surface area contributed by atoms with Gasteiger partial charge in [0.05, 0.1) is 13.2 Å². The van der Waals surface area contributed by atoms with Crippen molar-refractivity contribution >= 4 is 0 Å². The summed E-state index contributed by atoms with van der Waals surface area (Å²) in [7, 11) is 4.05. The van der Waals surface area contributed by atoms with Gasteiger partial charge >= 0.3 is 0 Å². The van der Waals surface area contributed by atoms with Crippen LogP contribution >= 0.6 is 0 Å². The highest BCUT2D eigenvalue weighted by atomic mass is 16.8. The van der Waals surface area contributed by atoms with E-state index in [1.54, 1.807) is 0 Å². The summed E-state index contributed by atoms with van der Waals surface area (Å²) in [4.78, 5) is 4.19. The van der Waals surface area contributed by atoms with Crippen LogP contribution < -0.4 is 0 Å². The van der Waals surface area contributed by atoms with Gasteiger partial charge in [-0.1, -0.05) is 0 Å². The minimum atomic E-state index is -0.528. The van der Waals surface area contributed by atoms with Crippen molar-refractivity contribution in [3.05, 3.63) is 0 Å². The van der Waals surface area contributed by atoms with E-state index in [9.17, 15) is 0 Å². The van der Waals surface area contributed by atoms with E-state index in [4.69, 9.17) is 9.47 Å². The van der Waals surface area contributed by atoms with Gasteiger partial charge in [-0.15, -0.1) is 0 Å². The zero-order valence-electron chi connectivity index (χ0n) is 7.04. The molecule has 0 bridgehead atoms. The van der Waals surface area contributed by atoms with Crippen molar-refractivity contribution in [1.82, 2.24) is 9.80 Å². The zero-order valence-corrected chi connectivity index (χ0v) is 7.04. The van der Waals surface area contributed by atoms with Crippen molar-refractivity contribution in [1.29, 1.82) is 0 Å². The van der Waals surface area contributed by atoms with Crippen molar-refractivity contribution in [2.24, 2.45) is 0 Å². The summed E-state index contributed by atoms with van der Waals surface area (Å²) in [5.74, 6) is 0. The third kappa shape index (κ3) is 0.906. The van der Waals surface area contributed by atoms with Crippen molar-refractivity contribution in [3.63, 3.8) is 0 Å². The number of likely N-dealkylation sites (N-methyl/N-ethyl adjacent to an activating group) is 2. The standard InChI is InChI=1S/C7H14N2O2/c1-8-3-5-10-7(8)9(2)4-6-11-7/h3-6H2,1-2H3. The first-order valence-electron chi connectivity index (χ1n) is 3.96. The van der Waals surface area contributed by atoms with Gasteiger partial charge in [-0.2, -0.15) is 0 Å². The fourth-order valence-electron chi connectivity index (χ4n) is 1.69. The van der Waals surface area contributed by atoms with E-state index in [2.05, 4.69) is 9.80 Å². The van der Waals surface area contributed by atoms with Crippen molar-refractivity contribution in [2.45, 2.75) is 6.03 Å². The number of hydrogen-bond donors (Lipinski definition) is 0. The summed E-state index contributed by atoms with van der Waals surface area (Å²) in [5.41, 5.74) is 0. The SMILES string of the molecule is CN1CCOC12OCCN2C. The van der Waals surface area contributed by atoms with Gasteiger partial charge in [0.1, 0.15) is 0 Å². The van der Waals surface area contributed by atoms with Crippen LogP contribution in [-0.2, 0) is 9.47 Å². The number of nitrogens with zero attached hydrogens (tertiary/aromatic N) is 2. The Balaban J connectivity index is 2.19. The average molecular weight is 158 g/mol. The van der Waals surface area contributed by atoms with Gasteiger partial charge in [0, 0.05) is 13.1 Å². The summed E-state index contributed by atoms with van der Waals surface area (Å²) >= 11 is 0. The lowest BCUT2D eigenvalue weighted by atomic mass is 10.6. The maximum atomic E-state index is 5.56. The second-order valence-corrected chi connectivity index (χ2v) is 3.09. The molecule has 2 rings (SSSR count). The molecule has 1 spiro atoms. The van der Waals surface area contributed by atoms with Crippen LogP contribution in [0.2, 0.25) is 0 Å². The Bertz CT molecular complexity index is 145. The minimum absolute atomic E-state index is 0.528. The van der Waals surface area contributed by atoms with E-state index in [1.807, 2.05) is 14.1 Å². The van der Waals surface area contributed by atoms with Crippen LogP contribution in [0.3, 0.4) is 0 Å². The fourth-order valence-corrected chi connectivity index (χ4v) is 1.69. The molecule has 2 aliphatic heterocycles. The molecule has 2 fully saturated rings. The van der Waals surface area contributed by atoms with Gasteiger partial charge in [-0.3, -0.25) is 0 Å². The van der Waals surface area contributed by atoms with Gasteiger partial charge < -0.3 is 9.47 Å². The molecule has 4 nitrogen and oxygen atoms in total. The zero-order chi connectivity index (χ0) is 7.90. The van der Waals surface area contributed by atoms with E-state index < -0.39 is 6.03 Å². The molecule has 0 unspecified atom stereocenters.